The van der Waals surface area contributed by atoms with Gasteiger partial charge < -0.3 is 10.2 Å². The van der Waals surface area contributed by atoms with Gasteiger partial charge in [-0.25, -0.2) is 4.98 Å². The first kappa shape index (κ1) is 13.0. The maximum Gasteiger partial charge on any atom is 0.282 e. The summed E-state index contributed by atoms with van der Waals surface area (Å²) in [5.74, 6) is -0.275. The third kappa shape index (κ3) is 2.87. The van der Waals surface area contributed by atoms with Crippen LogP contribution in [0.15, 0.2) is 5.38 Å². The Morgan fingerprint density at radius 1 is 1.39 bits per heavy atom. The van der Waals surface area contributed by atoms with E-state index in [4.69, 9.17) is 0 Å². The molecule has 1 aromatic heterocycles. The molecule has 1 aliphatic heterocycles. The number of carbonyl (C=O) groups excluding carboxylic acids is 2. The molecule has 0 atom stereocenters. The van der Waals surface area contributed by atoms with Crippen LogP contribution < -0.4 is 5.32 Å². The number of hydrogen-bond acceptors (Lipinski definition) is 4. The van der Waals surface area contributed by atoms with Gasteiger partial charge >= 0.3 is 0 Å². The fourth-order valence-corrected chi connectivity index (χ4v) is 2.63. The lowest BCUT2D eigenvalue weighted by molar-refractivity contribution is 0.0792. The van der Waals surface area contributed by atoms with Crippen molar-refractivity contribution < 1.29 is 9.59 Å². The van der Waals surface area contributed by atoms with Crippen LogP contribution >= 0.6 is 11.3 Å². The number of likely N-dealkylation sites (tertiary alicyclic amines) is 1. The van der Waals surface area contributed by atoms with Gasteiger partial charge in [-0.2, -0.15) is 0 Å². The van der Waals surface area contributed by atoms with Crippen molar-refractivity contribution in [2.45, 2.75) is 32.7 Å². The second-order valence-corrected chi connectivity index (χ2v) is 5.52. The van der Waals surface area contributed by atoms with Crippen LogP contribution in [-0.4, -0.2) is 40.8 Å². The number of rotatable bonds is 3. The van der Waals surface area contributed by atoms with Gasteiger partial charge in [-0.15, -0.1) is 11.3 Å². The summed E-state index contributed by atoms with van der Waals surface area (Å²) >= 11 is 1.24. The molecular weight excluding hydrogens is 250 g/mol. The second-order valence-electron chi connectivity index (χ2n) is 4.67. The number of nitrogens with one attached hydrogen (secondary N) is 1. The van der Waals surface area contributed by atoms with Gasteiger partial charge in [0.05, 0.1) is 0 Å². The minimum Gasteiger partial charge on any atom is -0.349 e. The number of aromatic nitrogens is 1. The lowest BCUT2D eigenvalue weighted by atomic mass is 10.3. The number of nitrogens with zero attached hydrogens (tertiary/aromatic N) is 2. The molecule has 0 saturated carbocycles. The Bertz CT molecular complexity index is 450. The minimum atomic E-state index is -0.221. The fraction of sp³-hybridized carbons (Fsp3) is 0.583. The third-order valence-corrected chi connectivity index (χ3v) is 3.56. The van der Waals surface area contributed by atoms with Gasteiger partial charge in [0.1, 0.15) is 5.69 Å². The molecule has 1 aliphatic rings. The normalized spacial score (nSPS) is 15.2. The van der Waals surface area contributed by atoms with E-state index >= 15 is 0 Å². The van der Waals surface area contributed by atoms with Gasteiger partial charge in [0.25, 0.3) is 11.8 Å². The van der Waals surface area contributed by atoms with E-state index < -0.39 is 0 Å². The van der Waals surface area contributed by atoms with Crippen LogP contribution in [0, 0.1) is 0 Å². The molecule has 1 aromatic rings. The summed E-state index contributed by atoms with van der Waals surface area (Å²) < 4.78 is 0. The zero-order valence-corrected chi connectivity index (χ0v) is 11.4. The van der Waals surface area contributed by atoms with Gasteiger partial charge in [-0.1, -0.05) is 0 Å². The molecule has 0 aliphatic carbocycles. The Kier molecular flexibility index (Phi) is 3.96. The maximum absolute atomic E-state index is 12.0. The molecule has 2 amide bonds. The number of hydrogen-bond donors (Lipinski definition) is 1. The quantitative estimate of drug-likeness (QED) is 0.903. The summed E-state index contributed by atoms with van der Waals surface area (Å²) in [5.41, 5.74) is 0.330. The Morgan fingerprint density at radius 2 is 2.06 bits per heavy atom. The molecule has 2 heterocycles. The highest BCUT2D eigenvalue weighted by Crippen LogP contribution is 2.16. The molecule has 0 unspecified atom stereocenters. The molecule has 0 radical (unpaired) electrons. The SMILES string of the molecule is CC(C)NC(=O)c1csc(C(=O)N2CCCC2)n1. The predicted octanol–water partition coefficient (Wildman–Crippen LogP) is 1.52. The number of carbonyl (C=O) groups is 2. The first-order chi connectivity index (χ1) is 8.58. The van der Waals surface area contributed by atoms with Gasteiger partial charge in [0.15, 0.2) is 5.01 Å². The monoisotopic (exact) mass is 267 g/mol. The van der Waals surface area contributed by atoms with Gasteiger partial charge in [-0.05, 0) is 26.7 Å². The molecule has 6 heteroatoms. The minimum absolute atomic E-state index is 0.0545. The number of amides is 2. The highest BCUT2D eigenvalue weighted by molar-refractivity contribution is 7.11. The molecule has 1 saturated heterocycles. The van der Waals surface area contributed by atoms with Gasteiger partial charge in [0.2, 0.25) is 0 Å². The van der Waals surface area contributed by atoms with Crippen LogP contribution in [0.1, 0.15) is 47.0 Å². The van der Waals surface area contributed by atoms with E-state index in [1.807, 2.05) is 13.8 Å². The summed E-state index contributed by atoms with van der Waals surface area (Å²) in [5, 5.41) is 4.81. The van der Waals surface area contributed by atoms with E-state index in [0.29, 0.717) is 10.7 Å². The topological polar surface area (TPSA) is 62.3 Å². The molecule has 1 fully saturated rings. The van der Waals surface area contributed by atoms with Crippen LogP contribution in [0.3, 0.4) is 0 Å². The van der Waals surface area contributed by atoms with E-state index in [0.717, 1.165) is 25.9 Å². The zero-order chi connectivity index (χ0) is 13.1. The Labute approximate surface area is 110 Å². The lowest BCUT2D eigenvalue weighted by Crippen LogP contribution is -2.31. The third-order valence-electron chi connectivity index (χ3n) is 2.73. The van der Waals surface area contributed by atoms with E-state index in [1.54, 1.807) is 10.3 Å². The molecular formula is C12H17N3O2S. The van der Waals surface area contributed by atoms with Crippen molar-refractivity contribution >= 4 is 23.2 Å². The summed E-state index contributed by atoms with van der Waals surface area (Å²) in [6, 6.07) is 0.0666. The lowest BCUT2D eigenvalue weighted by Gasteiger charge is -2.12. The van der Waals surface area contributed by atoms with E-state index in [9.17, 15) is 9.59 Å². The largest absolute Gasteiger partial charge is 0.349 e. The van der Waals surface area contributed by atoms with E-state index in [1.165, 1.54) is 11.3 Å². The van der Waals surface area contributed by atoms with Gasteiger partial charge in [-0.3, -0.25) is 9.59 Å². The van der Waals surface area contributed by atoms with Crippen LogP contribution in [0.4, 0.5) is 0 Å². The molecule has 18 heavy (non-hydrogen) atoms. The van der Waals surface area contributed by atoms with Crippen molar-refractivity contribution in [3.8, 4) is 0 Å². The Hall–Kier alpha value is -1.43. The van der Waals surface area contributed by atoms with E-state index in [2.05, 4.69) is 10.3 Å². The first-order valence-corrected chi connectivity index (χ1v) is 7.01. The number of thiazole rings is 1. The van der Waals surface area contributed by atoms with Crippen molar-refractivity contribution in [3.63, 3.8) is 0 Å². The summed E-state index contributed by atoms with van der Waals surface area (Å²) in [6.45, 7) is 5.37. The fourth-order valence-electron chi connectivity index (χ4n) is 1.87. The molecule has 0 spiro atoms. The van der Waals surface area contributed by atoms with E-state index in [-0.39, 0.29) is 17.9 Å². The molecule has 1 N–H and O–H groups in total. The van der Waals surface area contributed by atoms with Crippen LogP contribution in [-0.2, 0) is 0 Å². The second kappa shape index (κ2) is 5.48. The van der Waals surface area contributed by atoms with Crippen LogP contribution in [0.2, 0.25) is 0 Å². The van der Waals surface area contributed by atoms with Crippen LogP contribution in [0.25, 0.3) is 0 Å². The standard InChI is InChI=1S/C12H17N3O2S/c1-8(2)13-10(16)9-7-18-11(14-9)12(17)15-5-3-4-6-15/h7-8H,3-6H2,1-2H3,(H,13,16). The molecule has 5 nitrogen and oxygen atoms in total. The van der Waals surface area contributed by atoms with Crippen molar-refractivity contribution in [2.24, 2.45) is 0 Å². The predicted molar refractivity (Wildman–Crippen MR) is 69.9 cm³/mol. The van der Waals surface area contributed by atoms with Crippen molar-refractivity contribution in [3.05, 3.63) is 16.1 Å². The molecule has 0 bridgehead atoms. The van der Waals surface area contributed by atoms with Crippen molar-refractivity contribution in [1.82, 2.24) is 15.2 Å². The zero-order valence-electron chi connectivity index (χ0n) is 10.6. The van der Waals surface area contributed by atoms with Crippen molar-refractivity contribution in [2.75, 3.05) is 13.1 Å². The highest BCUT2D eigenvalue weighted by Gasteiger charge is 2.23. The van der Waals surface area contributed by atoms with Gasteiger partial charge in [0, 0.05) is 24.5 Å². The van der Waals surface area contributed by atoms with Crippen LogP contribution in [0.5, 0.6) is 0 Å². The molecule has 0 aromatic carbocycles. The average Bonchev–Trinajstić information content (AvgIpc) is 2.99. The summed E-state index contributed by atoms with van der Waals surface area (Å²) in [4.78, 5) is 29.7. The van der Waals surface area contributed by atoms with Crippen molar-refractivity contribution in [1.29, 1.82) is 0 Å². The summed E-state index contributed by atoms with van der Waals surface area (Å²) in [7, 11) is 0. The summed E-state index contributed by atoms with van der Waals surface area (Å²) in [6.07, 6.45) is 2.11. The smallest absolute Gasteiger partial charge is 0.282 e. The Balaban J connectivity index is 2.05. The highest BCUT2D eigenvalue weighted by atomic mass is 32.1. The average molecular weight is 267 g/mol. The molecule has 98 valence electrons. The molecule has 2 rings (SSSR count). The maximum atomic E-state index is 12.0. The Morgan fingerprint density at radius 3 is 2.67 bits per heavy atom. The first-order valence-electron chi connectivity index (χ1n) is 6.13.